The second-order valence-electron chi connectivity index (χ2n) is 12.5. The maximum atomic E-state index is 12.9. The number of aromatic amines is 1. The summed E-state index contributed by atoms with van der Waals surface area (Å²) in [5, 5.41) is 2.29. The molecular formula is C34H47IN2O5Si. The summed E-state index contributed by atoms with van der Waals surface area (Å²) in [5.41, 5.74) is -0.433. The molecule has 234 valence electrons. The number of nitrogens with one attached hydrogen (secondary N) is 1. The number of nitrogens with zero attached hydrogens (tertiary/aromatic N) is 1. The van der Waals surface area contributed by atoms with Gasteiger partial charge in [0.25, 0.3) is 13.9 Å². The van der Waals surface area contributed by atoms with Crippen molar-refractivity contribution in [2.45, 2.75) is 101 Å². The third-order valence-electron chi connectivity index (χ3n) is 8.29. The van der Waals surface area contributed by atoms with Gasteiger partial charge >= 0.3 is 5.69 Å². The Kier molecular flexibility index (Phi) is 12.4. The van der Waals surface area contributed by atoms with Gasteiger partial charge in [-0.3, -0.25) is 14.3 Å². The van der Waals surface area contributed by atoms with Crippen LogP contribution in [0.2, 0.25) is 5.04 Å². The first-order valence-corrected chi connectivity index (χ1v) is 18.8. The van der Waals surface area contributed by atoms with Gasteiger partial charge in [-0.1, -0.05) is 143 Å². The molecule has 0 saturated carbocycles. The first-order chi connectivity index (χ1) is 20.7. The van der Waals surface area contributed by atoms with Crippen molar-refractivity contribution in [3.63, 3.8) is 0 Å². The second-order valence-corrected chi connectivity index (χ2v) is 18.4. The molecule has 3 aromatic rings. The molecule has 0 amide bonds. The number of hydrogen-bond donors (Lipinski definition) is 1. The summed E-state index contributed by atoms with van der Waals surface area (Å²) in [4.78, 5) is 27.9. The van der Waals surface area contributed by atoms with E-state index in [1.807, 2.05) is 12.1 Å². The average molecular weight is 719 g/mol. The maximum Gasteiger partial charge on any atom is 0.330 e. The summed E-state index contributed by atoms with van der Waals surface area (Å²) in [6, 6.07) is 21.1. The fraction of sp³-hybridized carbons (Fsp3) is 0.529. The molecule has 1 aromatic heterocycles. The molecule has 1 aliphatic heterocycles. The van der Waals surface area contributed by atoms with Crippen molar-refractivity contribution >= 4 is 41.3 Å². The summed E-state index contributed by atoms with van der Waals surface area (Å²) in [7, 11) is -2.72. The van der Waals surface area contributed by atoms with Crippen LogP contribution in [0.5, 0.6) is 0 Å². The van der Waals surface area contributed by atoms with E-state index >= 15 is 0 Å². The van der Waals surface area contributed by atoms with Crippen LogP contribution in [0.4, 0.5) is 0 Å². The average Bonchev–Trinajstić information content (AvgIpc) is 3.36. The van der Waals surface area contributed by atoms with Crippen LogP contribution in [0.25, 0.3) is 0 Å². The Morgan fingerprint density at radius 1 is 0.953 bits per heavy atom. The lowest BCUT2D eigenvalue weighted by atomic mass is 10.1. The molecule has 0 bridgehead atoms. The van der Waals surface area contributed by atoms with Crippen LogP contribution in [-0.4, -0.2) is 41.1 Å². The minimum Gasteiger partial charge on any atom is -0.405 e. The molecule has 0 spiro atoms. The van der Waals surface area contributed by atoms with E-state index < -0.39 is 25.8 Å². The highest BCUT2D eigenvalue weighted by atomic mass is 127. The molecule has 0 radical (unpaired) electrons. The van der Waals surface area contributed by atoms with Gasteiger partial charge in [0.2, 0.25) is 0 Å². The van der Waals surface area contributed by atoms with Crippen LogP contribution in [0.3, 0.4) is 0 Å². The topological polar surface area (TPSA) is 82.6 Å². The van der Waals surface area contributed by atoms with Gasteiger partial charge in [-0.15, -0.1) is 0 Å². The van der Waals surface area contributed by atoms with Gasteiger partial charge in [0.15, 0.2) is 0 Å². The zero-order chi connectivity index (χ0) is 30.9. The van der Waals surface area contributed by atoms with E-state index in [0.717, 1.165) is 12.8 Å². The number of aromatic nitrogens is 2. The molecule has 4 rings (SSSR count). The lowest BCUT2D eigenvalue weighted by molar-refractivity contribution is -0.0205. The van der Waals surface area contributed by atoms with E-state index in [-0.39, 0.29) is 21.7 Å². The fourth-order valence-corrected chi connectivity index (χ4v) is 11.4. The van der Waals surface area contributed by atoms with Crippen LogP contribution in [0.1, 0.15) is 84.4 Å². The number of hydrogen-bond acceptors (Lipinski definition) is 5. The highest BCUT2D eigenvalue weighted by molar-refractivity contribution is 14.1. The molecule has 1 saturated heterocycles. The van der Waals surface area contributed by atoms with Crippen LogP contribution in [-0.2, 0) is 20.5 Å². The first kappa shape index (κ1) is 33.8. The minimum absolute atomic E-state index is 0.132. The van der Waals surface area contributed by atoms with Crippen molar-refractivity contribution in [2.75, 3.05) is 13.2 Å². The SMILES string of the molecule is CCCCCCCCOCc1cn(C2C[C@@H](I)[C@@H](CO[Si](c3ccccc3)(c3ccccc3)C(C)(C)C)O2)c(=O)[nH]c1=O. The van der Waals surface area contributed by atoms with Crippen molar-refractivity contribution in [3.8, 4) is 0 Å². The highest BCUT2D eigenvalue weighted by Crippen LogP contribution is 2.39. The molecule has 1 aliphatic rings. The Labute approximate surface area is 270 Å². The molecular weight excluding hydrogens is 671 g/mol. The first-order valence-electron chi connectivity index (χ1n) is 15.6. The van der Waals surface area contributed by atoms with E-state index in [9.17, 15) is 9.59 Å². The molecule has 1 fully saturated rings. The zero-order valence-corrected chi connectivity index (χ0v) is 29.2. The van der Waals surface area contributed by atoms with E-state index in [1.165, 1.54) is 40.6 Å². The lowest BCUT2D eigenvalue weighted by Gasteiger charge is -2.43. The second kappa shape index (κ2) is 15.8. The lowest BCUT2D eigenvalue weighted by Crippen LogP contribution is -2.67. The van der Waals surface area contributed by atoms with Crippen molar-refractivity contribution < 1.29 is 13.9 Å². The number of alkyl halides is 1. The summed E-state index contributed by atoms with van der Waals surface area (Å²) >= 11 is 2.41. The molecule has 0 aliphatic carbocycles. The Balaban J connectivity index is 1.47. The normalized spacial score (nSPS) is 19.1. The van der Waals surface area contributed by atoms with Gasteiger partial charge in [0.05, 0.1) is 24.9 Å². The Hall–Kier alpha value is -2.05. The van der Waals surface area contributed by atoms with E-state index in [1.54, 1.807) is 6.20 Å². The fourth-order valence-electron chi connectivity index (χ4n) is 5.99. The molecule has 9 heteroatoms. The molecule has 1 N–H and O–H groups in total. The zero-order valence-electron chi connectivity index (χ0n) is 26.0. The van der Waals surface area contributed by atoms with Gasteiger partial charge in [-0.05, 0) is 21.8 Å². The number of rotatable bonds is 15. The van der Waals surface area contributed by atoms with Crippen molar-refractivity contribution in [2.24, 2.45) is 0 Å². The Morgan fingerprint density at radius 2 is 1.56 bits per heavy atom. The van der Waals surface area contributed by atoms with Crippen LogP contribution in [0, 0.1) is 0 Å². The van der Waals surface area contributed by atoms with Gasteiger partial charge < -0.3 is 13.9 Å². The van der Waals surface area contributed by atoms with Gasteiger partial charge in [0.1, 0.15) is 6.23 Å². The smallest absolute Gasteiger partial charge is 0.330 e. The van der Waals surface area contributed by atoms with Crippen molar-refractivity contribution in [1.82, 2.24) is 9.55 Å². The maximum absolute atomic E-state index is 12.9. The molecule has 2 aromatic carbocycles. The summed E-state index contributed by atoms with van der Waals surface area (Å²) in [5.74, 6) is 0. The van der Waals surface area contributed by atoms with Gasteiger partial charge in [-0.25, -0.2) is 4.79 Å². The van der Waals surface area contributed by atoms with Gasteiger partial charge in [-0.2, -0.15) is 0 Å². The quantitative estimate of drug-likeness (QED) is 0.0892. The summed E-state index contributed by atoms with van der Waals surface area (Å²) < 4.78 is 21.1. The highest BCUT2D eigenvalue weighted by Gasteiger charge is 2.51. The third kappa shape index (κ3) is 8.36. The molecule has 43 heavy (non-hydrogen) atoms. The van der Waals surface area contributed by atoms with Crippen LogP contribution < -0.4 is 21.6 Å². The third-order valence-corrected chi connectivity index (χ3v) is 14.6. The van der Waals surface area contributed by atoms with Crippen LogP contribution in [0.15, 0.2) is 76.4 Å². The Morgan fingerprint density at radius 3 is 2.16 bits per heavy atom. The summed E-state index contributed by atoms with van der Waals surface area (Å²) in [6.45, 7) is 10.2. The summed E-state index contributed by atoms with van der Waals surface area (Å²) in [6.07, 6.45) is 8.61. The van der Waals surface area contributed by atoms with E-state index in [0.29, 0.717) is 25.2 Å². The van der Waals surface area contributed by atoms with E-state index in [2.05, 4.69) is 104 Å². The largest absolute Gasteiger partial charge is 0.405 e. The molecule has 3 atom stereocenters. The molecule has 2 heterocycles. The number of ether oxygens (including phenoxy) is 2. The number of benzene rings is 2. The number of halogens is 1. The van der Waals surface area contributed by atoms with Crippen molar-refractivity contribution in [1.29, 1.82) is 0 Å². The number of H-pyrrole nitrogens is 1. The van der Waals surface area contributed by atoms with Crippen molar-refractivity contribution in [3.05, 3.63) is 93.3 Å². The minimum atomic E-state index is -2.72. The standard InChI is InChI=1S/C34H47IN2O5Si/c1-5-6-7-8-9-16-21-40-24-26-23-37(33(39)36-32(26)38)31-22-29(35)30(42-31)25-41-43(34(2,3)4,27-17-12-10-13-18-27)28-19-14-11-15-20-28/h10-15,17-20,23,29-31H,5-9,16,21-22,24-25H2,1-4H3,(H,36,38,39)/t29-,30-,31?/m1/s1. The molecule has 7 nitrogen and oxygen atoms in total. The van der Waals surface area contributed by atoms with Crippen LogP contribution >= 0.6 is 22.6 Å². The number of unbranched alkanes of at least 4 members (excludes halogenated alkanes) is 5. The monoisotopic (exact) mass is 718 g/mol. The predicted molar refractivity (Wildman–Crippen MR) is 184 cm³/mol. The Bertz CT molecular complexity index is 1350. The van der Waals surface area contributed by atoms with E-state index in [4.69, 9.17) is 13.9 Å². The van der Waals surface area contributed by atoms with Gasteiger partial charge in [0, 0.05) is 23.1 Å². The predicted octanol–water partition coefficient (Wildman–Crippen LogP) is 6.08. The molecule has 1 unspecified atom stereocenters.